The molecule has 1 aliphatic carbocycles. The van der Waals surface area contributed by atoms with E-state index in [1.54, 1.807) is 0 Å². The Morgan fingerprint density at radius 3 is 2.75 bits per heavy atom. The number of hydrogen-bond acceptors (Lipinski definition) is 2. The second-order valence-corrected chi connectivity index (χ2v) is 3.95. The van der Waals surface area contributed by atoms with Crippen molar-refractivity contribution in [3.63, 3.8) is 0 Å². The maximum Gasteiger partial charge on any atom is 0.217 e. The van der Waals surface area contributed by atoms with Gasteiger partial charge in [-0.15, -0.1) is 11.6 Å². The van der Waals surface area contributed by atoms with E-state index in [4.69, 9.17) is 17.3 Å². The molecule has 12 heavy (non-hydrogen) atoms. The number of rotatable bonds is 1. The molecule has 0 spiro atoms. The smallest absolute Gasteiger partial charge is 0.217 e. The van der Waals surface area contributed by atoms with Crippen molar-refractivity contribution in [1.29, 1.82) is 0 Å². The first kappa shape index (κ1) is 9.81. The molecule has 1 aliphatic rings. The predicted molar refractivity (Wildman–Crippen MR) is 49.1 cm³/mol. The van der Waals surface area contributed by atoms with Crippen LogP contribution in [-0.2, 0) is 4.79 Å². The highest BCUT2D eigenvalue weighted by Crippen LogP contribution is 2.21. The predicted octanol–water partition coefficient (Wildman–Crippen LogP) is 0.610. The molecule has 1 rings (SSSR count). The van der Waals surface area contributed by atoms with Crippen molar-refractivity contribution in [2.24, 2.45) is 5.73 Å². The minimum absolute atomic E-state index is 0.0141. The molecule has 4 heteroatoms. The SMILES string of the molecule is CC(=O)NC1CCC(Cl)C(N)C1. The molecule has 0 bridgehead atoms. The molecule has 0 saturated heterocycles. The van der Waals surface area contributed by atoms with Crippen LogP contribution in [0.25, 0.3) is 0 Å². The fourth-order valence-electron chi connectivity index (χ4n) is 1.59. The van der Waals surface area contributed by atoms with Gasteiger partial charge in [0.15, 0.2) is 0 Å². The van der Waals surface area contributed by atoms with Gasteiger partial charge in [0.05, 0.1) is 0 Å². The first-order valence-corrected chi connectivity index (χ1v) is 4.70. The molecule has 0 heterocycles. The summed E-state index contributed by atoms with van der Waals surface area (Å²) >= 11 is 5.93. The average molecular weight is 191 g/mol. The zero-order valence-corrected chi connectivity index (χ0v) is 7.97. The topological polar surface area (TPSA) is 55.1 Å². The van der Waals surface area contributed by atoms with Crippen LogP contribution in [-0.4, -0.2) is 23.4 Å². The van der Waals surface area contributed by atoms with Crippen molar-refractivity contribution in [1.82, 2.24) is 5.32 Å². The Labute approximate surface area is 77.6 Å². The number of hydrogen-bond donors (Lipinski definition) is 2. The fraction of sp³-hybridized carbons (Fsp3) is 0.875. The maximum absolute atomic E-state index is 10.7. The van der Waals surface area contributed by atoms with Crippen molar-refractivity contribution in [3.8, 4) is 0 Å². The Kier molecular flexibility index (Phi) is 3.35. The van der Waals surface area contributed by atoms with Crippen molar-refractivity contribution < 1.29 is 4.79 Å². The lowest BCUT2D eigenvalue weighted by Gasteiger charge is -2.30. The molecule has 0 aromatic carbocycles. The van der Waals surface area contributed by atoms with Gasteiger partial charge < -0.3 is 11.1 Å². The normalized spacial score (nSPS) is 36.1. The van der Waals surface area contributed by atoms with Gasteiger partial charge in [0.1, 0.15) is 0 Å². The molecule has 3 atom stereocenters. The van der Waals surface area contributed by atoms with Gasteiger partial charge in [0.2, 0.25) is 5.91 Å². The molecule has 3 N–H and O–H groups in total. The Morgan fingerprint density at radius 1 is 1.58 bits per heavy atom. The highest BCUT2D eigenvalue weighted by atomic mass is 35.5. The molecule has 3 nitrogen and oxygen atoms in total. The van der Waals surface area contributed by atoms with Crippen molar-refractivity contribution >= 4 is 17.5 Å². The second kappa shape index (κ2) is 4.10. The number of carbonyl (C=O) groups excluding carboxylic acids is 1. The minimum Gasteiger partial charge on any atom is -0.354 e. The van der Waals surface area contributed by atoms with E-state index in [2.05, 4.69) is 5.32 Å². The van der Waals surface area contributed by atoms with E-state index in [0.717, 1.165) is 19.3 Å². The summed E-state index contributed by atoms with van der Waals surface area (Å²) in [6.45, 7) is 1.53. The van der Waals surface area contributed by atoms with Crippen LogP contribution >= 0.6 is 11.6 Å². The zero-order valence-electron chi connectivity index (χ0n) is 7.22. The Bertz CT molecular complexity index is 174. The van der Waals surface area contributed by atoms with Crippen LogP contribution in [0.3, 0.4) is 0 Å². The molecular formula is C8H15ClN2O. The summed E-state index contributed by atoms with van der Waals surface area (Å²) in [4.78, 5) is 10.7. The monoisotopic (exact) mass is 190 g/mol. The third kappa shape index (κ3) is 2.64. The van der Waals surface area contributed by atoms with Crippen LogP contribution in [0, 0.1) is 0 Å². The van der Waals surface area contributed by atoms with E-state index in [1.807, 2.05) is 0 Å². The largest absolute Gasteiger partial charge is 0.354 e. The van der Waals surface area contributed by atoms with E-state index in [9.17, 15) is 4.79 Å². The van der Waals surface area contributed by atoms with E-state index < -0.39 is 0 Å². The first-order valence-electron chi connectivity index (χ1n) is 4.26. The van der Waals surface area contributed by atoms with Gasteiger partial charge in [-0.2, -0.15) is 0 Å². The number of carbonyl (C=O) groups is 1. The number of halogens is 1. The van der Waals surface area contributed by atoms with Crippen LogP contribution in [0.4, 0.5) is 0 Å². The second-order valence-electron chi connectivity index (χ2n) is 3.39. The number of alkyl halides is 1. The van der Waals surface area contributed by atoms with Crippen molar-refractivity contribution in [3.05, 3.63) is 0 Å². The number of nitrogens with one attached hydrogen (secondary N) is 1. The Hall–Kier alpha value is -0.280. The molecule has 0 aromatic heterocycles. The van der Waals surface area contributed by atoms with Gasteiger partial charge in [-0.3, -0.25) is 4.79 Å². The molecule has 0 aromatic rings. The van der Waals surface area contributed by atoms with Gasteiger partial charge in [-0.25, -0.2) is 0 Å². The summed E-state index contributed by atoms with van der Waals surface area (Å²) in [6, 6.07) is 0.254. The molecule has 70 valence electrons. The summed E-state index contributed by atoms with van der Waals surface area (Å²) in [5, 5.41) is 2.93. The third-order valence-electron chi connectivity index (χ3n) is 2.22. The molecule has 0 radical (unpaired) electrons. The van der Waals surface area contributed by atoms with Crippen LogP contribution in [0.2, 0.25) is 0 Å². The molecule has 1 fully saturated rings. The van der Waals surface area contributed by atoms with E-state index >= 15 is 0 Å². The van der Waals surface area contributed by atoms with Crippen LogP contribution in [0.1, 0.15) is 26.2 Å². The highest BCUT2D eigenvalue weighted by molar-refractivity contribution is 6.21. The van der Waals surface area contributed by atoms with Crippen molar-refractivity contribution in [2.45, 2.75) is 43.6 Å². The van der Waals surface area contributed by atoms with E-state index in [-0.39, 0.29) is 23.4 Å². The van der Waals surface area contributed by atoms with Gasteiger partial charge in [-0.1, -0.05) is 0 Å². The molecule has 0 aliphatic heterocycles. The first-order chi connectivity index (χ1) is 5.59. The lowest BCUT2D eigenvalue weighted by molar-refractivity contribution is -0.119. The average Bonchev–Trinajstić information content (AvgIpc) is 1.96. The van der Waals surface area contributed by atoms with E-state index in [0.29, 0.717) is 0 Å². The number of amides is 1. The molecule has 1 saturated carbocycles. The third-order valence-corrected chi connectivity index (χ3v) is 2.76. The van der Waals surface area contributed by atoms with Gasteiger partial charge in [-0.05, 0) is 19.3 Å². The molecular weight excluding hydrogens is 176 g/mol. The molecule has 3 unspecified atom stereocenters. The zero-order chi connectivity index (χ0) is 9.14. The minimum atomic E-state index is 0.0141. The van der Waals surface area contributed by atoms with Gasteiger partial charge >= 0.3 is 0 Å². The molecule has 1 amide bonds. The quantitative estimate of drug-likeness (QED) is 0.596. The standard InChI is InChI=1S/C8H15ClN2O/c1-5(12)11-6-2-3-7(9)8(10)4-6/h6-8H,2-4,10H2,1H3,(H,11,12). The summed E-state index contributed by atoms with van der Waals surface area (Å²) in [7, 11) is 0. The van der Waals surface area contributed by atoms with Gasteiger partial charge in [0.25, 0.3) is 0 Å². The van der Waals surface area contributed by atoms with Crippen LogP contribution in [0.5, 0.6) is 0 Å². The maximum atomic E-state index is 10.7. The summed E-state index contributed by atoms with van der Waals surface area (Å²) in [5.74, 6) is 0.0141. The fourth-order valence-corrected chi connectivity index (χ4v) is 1.82. The van der Waals surface area contributed by atoms with Crippen molar-refractivity contribution in [2.75, 3.05) is 0 Å². The lowest BCUT2D eigenvalue weighted by atomic mass is 9.91. The highest BCUT2D eigenvalue weighted by Gasteiger charge is 2.26. The van der Waals surface area contributed by atoms with Crippen LogP contribution < -0.4 is 11.1 Å². The Balaban J connectivity index is 2.35. The summed E-state index contributed by atoms with van der Waals surface area (Å²) in [5.41, 5.74) is 5.76. The number of nitrogens with two attached hydrogens (primary N) is 1. The van der Waals surface area contributed by atoms with Crippen LogP contribution in [0.15, 0.2) is 0 Å². The van der Waals surface area contributed by atoms with Gasteiger partial charge in [0, 0.05) is 24.4 Å². The summed E-state index contributed by atoms with van der Waals surface area (Å²) in [6.07, 6.45) is 2.64. The van der Waals surface area contributed by atoms with E-state index in [1.165, 1.54) is 6.92 Å². The lowest BCUT2D eigenvalue weighted by Crippen LogP contribution is -2.46. The Morgan fingerprint density at radius 2 is 2.25 bits per heavy atom. The summed E-state index contributed by atoms with van der Waals surface area (Å²) < 4.78 is 0.